The molecule has 0 aliphatic heterocycles. The molecule has 0 atom stereocenters. The molecule has 0 fully saturated rings. The molecule has 0 radical (unpaired) electrons. The Kier molecular flexibility index (Phi) is 5.80. The number of sulfonamides is 1. The number of ether oxygens (including phenoxy) is 1. The van der Waals surface area contributed by atoms with Crippen molar-refractivity contribution in [2.75, 3.05) is 32.6 Å². The van der Waals surface area contributed by atoms with E-state index in [4.69, 9.17) is 4.74 Å². The highest BCUT2D eigenvalue weighted by atomic mass is 32.2. The number of aryl methyl sites for hydroxylation is 1. The van der Waals surface area contributed by atoms with E-state index in [1.54, 1.807) is 36.4 Å². The number of anilines is 1. The van der Waals surface area contributed by atoms with Gasteiger partial charge in [-0.25, -0.2) is 17.1 Å². The summed E-state index contributed by atoms with van der Waals surface area (Å²) >= 11 is 0. The summed E-state index contributed by atoms with van der Waals surface area (Å²) in [7, 11) is -0.502. The fourth-order valence-electron chi connectivity index (χ4n) is 2.07. The Morgan fingerprint density at radius 3 is 2.54 bits per heavy atom. The first-order valence-electron chi connectivity index (χ1n) is 7.47. The Bertz CT molecular complexity index is 807. The molecule has 0 bridgehead atoms. The lowest BCUT2D eigenvalue weighted by atomic mass is 10.2. The summed E-state index contributed by atoms with van der Waals surface area (Å²) in [4.78, 5) is 0.218. The first-order valence-corrected chi connectivity index (χ1v) is 8.91. The van der Waals surface area contributed by atoms with E-state index in [-0.39, 0.29) is 17.3 Å². The molecule has 0 unspecified atom stereocenters. The number of para-hydroxylation sites is 1. The highest BCUT2D eigenvalue weighted by Gasteiger charge is 2.18. The zero-order chi connectivity index (χ0) is 17.7. The van der Waals surface area contributed by atoms with Crippen molar-refractivity contribution in [2.24, 2.45) is 0 Å². The molecule has 0 saturated heterocycles. The number of hydrogen-bond acceptors (Lipinski definition) is 4. The minimum absolute atomic E-state index is 0.194. The Hall–Kier alpha value is -2.12. The van der Waals surface area contributed by atoms with E-state index in [1.165, 1.54) is 24.5 Å². The fraction of sp³-hybridized carbons (Fsp3) is 0.294. The van der Waals surface area contributed by atoms with E-state index in [0.29, 0.717) is 12.2 Å². The third-order valence-corrected chi connectivity index (χ3v) is 5.31. The van der Waals surface area contributed by atoms with Crippen molar-refractivity contribution in [1.29, 1.82) is 0 Å². The number of nitrogens with zero attached hydrogens (tertiary/aromatic N) is 1. The first kappa shape index (κ1) is 18.2. The van der Waals surface area contributed by atoms with Crippen LogP contribution in [0.15, 0.2) is 47.4 Å². The van der Waals surface area contributed by atoms with Gasteiger partial charge in [0, 0.05) is 26.3 Å². The Morgan fingerprint density at radius 2 is 1.88 bits per heavy atom. The van der Waals surface area contributed by atoms with E-state index in [9.17, 15) is 12.8 Å². The molecule has 5 nitrogen and oxygen atoms in total. The molecule has 0 aromatic heterocycles. The highest BCUT2D eigenvalue weighted by Crippen LogP contribution is 2.22. The Morgan fingerprint density at radius 1 is 1.17 bits per heavy atom. The monoisotopic (exact) mass is 352 g/mol. The van der Waals surface area contributed by atoms with Crippen molar-refractivity contribution in [2.45, 2.75) is 11.8 Å². The number of nitrogens with one attached hydrogen (secondary N) is 1. The Labute approximate surface area is 142 Å². The van der Waals surface area contributed by atoms with E-state index in [0.717, 1.165) is 5.56 Å². The van der Waals surface area contributed by atoms with E-state index in [1.807, 2.05) is 6.92 Å². The molecular formula is C17H21FN2O3S. The number of benzene rings is 2. The summed E-state index contributed by atoms with van der Waals surface area (Å²) in [5.41, 5.74) is 1.62. The van der Waals surface area contributed by atoms with Crippen LogP contribution in [0.2, 0.25) is 0 Å². The molecule has 24 heavy (non-hydrogen) atoms. The van der Waals surface area contributed by atoms with Crippen molar-refractivity contribution in [1.82, 2.24) is 4.31 Å². The van der Waals surface area contributed by atoms with Gasteiger partial charge >= 0.3 is 0 Å². The molecule has 2 aromatic rings. The summed E-state index contributed by atoms with van der Waals surface area (Å²) in [5, 5.41) is 3.12. The highest BCUT2D eigenvalue weighted by molar-refractivity contribution is 7.89. The molecule has 7 heteroatoms. The maximum Gasteiger partial charge on any atom is 0.242 e. The van der Waals surface area contributed by atoms with Crippen LogP contribution in [0.1, 0.15) is 5.56 Å². The number of halogens is 1. The van der Waals surface area contributed by atoms with Crippen LogP contribution in [0.4, 0.5) is 10.1 Å². The van der Waals surface area contributed by atoms with Crippen LogP contribution in [0, 0.1) is 12.7 Å². The number of hydrogen-bond donors (Lipinski definition) is 1. The molecule has 2 rings (SSSR count). The molecule has 130 valence electrons. The second-order valence-corrected chi connectivity index (χ2v) is 7.62. The summed E-state index contributed by atoms with van der Waals surface area (Å²) in [5.74, 6) is -0.215. The standard InChI is InChI=1S/C17H21FN2O3S/c1-13-8-9-14(24(21,22)20(2)3)12-16(13)19-10-11-23-17-7-5-4-6-15(17)18/h4-9,12,19H,10-11H2,1-3H3. The normalized spacial score (nSPS) is 11.5. The molecule has 0 aliphatic rings. The lowest BCUT2D eigenvalue weighted by molar-refractivity contribution is 0.315. The predicted molar refractivity (Wildman–Crippen MR) is 92.4 cm³/mol. The average Bonchev–Trinajstić information content (AvgIpc) is 2.54. The van der Waals surface area contributed by atoms with E-state index in [2.05, 4.69) is 5.32 Å². The van der Waals surface area contributed by atoms with Gasteiger partial charge in [-0.1, -0.05) is 18.2 Å². The zero-order valence-corrected chi connectivity index (χ0v) is 14.7. The molecule has 0 spiro atoms. The molecule has 0 heterocycles. The van der Waals surface area contributed by atoms with Crippen LogP contribution in [-0.2, 0) is 10.0 Å². The van der Waals surface area contributed by atoms with Gasteiger partial charge in [0.2, 0.25) is 10.0 Å². The molecule has 0 aliphatic carbocycles. The lowest BCUT2D eigenvalue weighted by Crippen LogP contribution is -2.22. The average molecular weight is 352 g/mol. The third-order valence-electron chi connectivity index (χ3n) is 3.50. The van der Waals surface area contributed by atoms with Gasteiger partial charge in [-0.2, -0.15) is 0 Å². The van der Waals surface area contributed by atoms with Crippen LogP contribution in [0.5, 0.6) is 5.75 Å². The summed E-state index contributed by atoms with van der Waals surface area (Å²) in [6.07, 6.45) is 0. The minimum Gasteiger partial charge on any atom is -0.489 e. The van der Waals surface area contributed by atoms with E-state index < -0.39 is 15.8 Å². The first-order chi connectivity index (χ1) is 11.3. The summed E-state index contributed by atoms with van der Waals surface area (Å²) in [6, 6.07) is 11.1. The van der Waals surface area contributed by atoms with Crippen molar-refractivity contribution in [3.8, 4) is 5.75 Å². The van der Waals surface area contributed by atoms with Crippen molar-refractivity contribution >= 4 is 15.7 Å². The van der Waals surface area contributed by atoms with Gasteiger partial charge in [-0.15, -0.1) is 0 Å². The number of rotatable bonds is 7. The maximum absolute atomic E-state index is 13.4. The van der Waals surface area contributed by atoms with Crippen LogP contribution >= 0.6 is 0 Å². The van der Waals surface area contributed by atoms with Crippen LogP contribution in [-0.4, -0.2) is 40.0 Å². The van der Waals surface area contributed by atoms with Crippen LogP contribution in [0.3, 0.4) is 0 Å². The second kappa shape index (κ2) is 7.63. The second-order valence-electron chi connectivity index (χ2n) is 5.47. The van der Waals surface area contributed by atoms with Crippen LogP contribution in [0.25, 0.3) is 0 Å². The van der Waals surface area contributed by atoms with Gasteiger partial charge in [-0.05, 0) is 36.8 Å². The molecular weight excluding hydrogens is 331 g/mol. The third kappa shape index (κ3) is 4.24. The smallest absolute Gasteiger partial charge is 0.242 e. The predicted octanol–water partition coefficient (Wildman–Crippen LogP) is 2.88. The van der Waals surface area contributed by atoms with Gasteiger partial charge in [0.1, 0.15) is 6.61 Å². The van der Waals surface area contributed by atoms with Crippen molar-refractivity contribution in [3.63, 3.8) is 0 Å². The van der Waals surface area contributed by atoms with Gasteiger partial charge in [0.25, 0.3) is 0 Å². The zero-order valence-electron chi connectivity index (χ0n) is 13.9. The van der Waals surface area contributed by atoms with E-state index >= 15 is 0 Å². The minimum atomic E-state index is -3.48. The fourth-order valence-corrected chi connectivity index (χ4v) is 3.00. The van der Waals surface area contributed by atoms with Gasteiger partial charge in [0.15, 0.2) is 11.6 Å². The summed E-state index contributed by atoms with van der Waals surface area (Å²) < 4.78 is 44.3. The van der Waals surface area contributed by atoms with Crippen molar-refractivity contribution < 1.29 is 17.5 Å². The van der Waals surface area contributed by atoms with Gasteiger partial charge < -0.3 is 10.1 Å². The lowest BCUT2D eigenvalue weighted by Gasteiger charge is -2.15. The molecule has 0 amide bonds. The quantitative estimate of drug-likeness (QED) is 0.779. The maximum atomic E-state index is 13.4. The largest absolute Gasteiger partial charge is 0.489 e. The Balaban J connectivity index is 2.01. The summed E-state index contributed by atoms with van der Waals surface area (Å²) in [6.45, 7) is 2.55. The topological polar surface area (TPSA) is 58.6 Å². The molecule has 0 saturated carbocycles. The van der Waals surface area contributed by atoms with Crippen molar-refractivity contribution in [3.05, 3.63) is 53.8 Å². The molecule has 2 aromatic carbocycles. The van der Waals surface area contributed by atoms with Crippen LogP contribution < -0.4 is 10.1 Å². The molecule has 1 N–H and O–H groups in total. The van der Waals surface area contributed by atoms with Gasteiger partial charge in [0.05, 0.1) is 4.90 Å². The SMILES string of the molecule is Cc1ccc(S(=O)(=O)N(C)C)cc1NCCOc1ccccc1F. The van der Waals surface area contributed by atoms with Gasteiger partial charge in [-0.3, -0.25) is 0 Å².